The first kappa shape index (κ1) is 11.7. The van der Waals surface area contributed by atoms with Gasteiger partial charge >= 0.3 is 0 Å². The Morgan fingerprint density at radius 3 is 3.06 bits per heavy atom. The molecule has 0 aliphatic carbocycles. The number of nitrogens with zero attached hydrogens (tertiary/aromatic N) is 1. The van der Waals surface area contributed by atoms with Crippen LogP contribution in [0.4, 0.5) is 10.1 Å². The van der Waals surface area contributed by atoms with Crippen LogP contribution in [0, 0.1) is 11.7 Å². The molecule has 1 aromatic rings. The van der Waals surface area contributed by atoms with Crippen LogP contribution < -0.4 is 10.2 Å². The molecule has 2 rings (SSSR count). The lowest BCUT2D eigenvalue weighted by Crippen LogP contribution is -2.24. The zero-order chi connectivity index (χ0) is 11.5. The van der Waals surface area contributed by atoms with Gasteiger partial charge in [-0.15, -0.1) is 0 Å². The topological polar surface area (TPSA) is 15.3 Å². The van der Waals surface area contributed by atoms with Gasteiger partial charge in [0.2, 0.25) is 0 Å². The highest BCUT2D eigenvalue weighted by Crippen LogP contribution is 2.27. The summed E-state index contributed by atoms with van der Waals surface area (Å²) >= 11 is 5.78. The van der Waals surface area contributed by atoms with Gasteiger partial charge in [0.05, 0.1) is 5.02 Å². The predicted octanol–water partition coefficient (Wildman–Crippen LogP) is 2.52. The monoisotopic (exact) mass is 242 g/mol. The highest BCUT2D eigenvalue weighted by molar-refractivity contribution is 6.31. The summed E-state index contributed by atoms with van der Waals surface area (Å²) in [6, 6.07) is 4.94. The van der Waals surface area contributed by atoms with E-state index in [2.05, 4.69) is 10.2 Å². The first-order valence-electron chi connectivity index (χ1n) is 5.55. The molecule has 0 aromatic heterocycles. The van der Waals surface area contributed by atoms with E-state index in [-0.39, 0.29) is 10.8 Å². The fourth-order valence-electron chi connectivity index (χ4n) is 2.20. The van der Waals surface area contributed by atoms with Crippen molar-refractivity contribution in [2.75, 3.05) is 31.6 Å². The van der Waals surface area contributed by atoms with Crippen molar-refractivity contribution in [1.29, 1.82) is 0 Å². The third-order valence-corrected chi connectivity index (χ3v) is 3.34. The van der Waals surface area contributed by atoms with Crippen LogP contribution in [0.1, 0.15) is 6.42 Å². The Kier molecular flexibility index (Phi) is 3.66. The van der Waals surface area contributed by atoms with Gasteiger partial charge in [-0.1, -0.05) is 11.6 Å². The summed E-state index contributed by atoms with van der Waals surface area (Å²) in [5, 5.41) is 3.39. The van der Waals surface area contributed by atoms with Crippen LogP contribution in [-0.2, 0) is 0 Å². The van der Waals surface area contributed by atoms with Crippen LogP contribution >= 0.6 is 11.6 Å². The van der Waals surface area contributed by atoms with Crippen LogP contribution in [-0.4, -0.2) is 26.7 Å². The second-order valence-electron chi connectivity index (χ2n) is 4.26. The summed E-state index contributed by atoms with van der Waals surface area (Å²) < 4.78 is 13.0. The van der Waals surface area contributed by atoms with Crippen molar-refractivity contribution in [2.45, 2.75) is 6.42 Å². The predicted molar refractivity (Wildman–Crippen MR) is 65.7 cm³/mol. The van der Waals surface area contributed by atoms with E-state index in [9.17, 15) is 4.39 Å². The average molecular weight is 243 g/mol. The van der Waals surface area contributed by atoms with Crippen molar-refractivity contribution in [3.8, 4) is 0 Å². The van der Waals surface area contributed by atoms with Crippen molar-refractivity contribution in [1.82, 2.24) is 5.32 Å². The maximum atomic E-state index is 13.0. The molecule has 0 radical (unpaired) electrons. The van der Waals surface area contributed by atoms with Gasteiger partial charge in [0.15, 0.2) is 0 Å². The van der Waals surface area contributed by atoms with E-state index in [1.54, 1.807) is 12.1 Å². The van der Waals surface area contributed by atoms with Crippen LogP contribution in [0.3, 0.4) is 0 Å². The Morgan fingerprint density at radius 2 is 2.38 bits per heavy atom. The second kappa shape index (κ2) is 5.02. The van der Waals surface area contributed by atoms with Crippen LogP contribution in [0.25, 0.3) is 0 Å². The van der Waals surface area contributed by atoms with Crippen LogP contribution in [0.2, 0.25) is 5.02 Å². The highest BCUT2D eigenvalue weighted by atomic mass is 35.5. The molecule has 1 saturated heterocycles. The zero-order valence-corrected chi connectivity index (χ0v) is 10.1. The molecule has 1 heterocycles. The Balaban J connectivity index is 2.05. The molecule has 1 aliphatic rings. The molecule has 1 fully saturated rings. The smallest absolute Gasteiger partial charge is 0.141 e. The molecule has 4 heteroatoms. The number of nitrogens with one attached hydrogen (secondary N) is 1. The molecular formula is C12H16ClFN2. The fraction of sp³-hybridized carbons (Fsp3) is 0.500. The minimum atomic E-state index is -0.351. The van der Waals surface area contributed by atoms with Gasteiger partial charge in [0.25, 0.3) is 0 Å². The van der Waals surface area contributed by atoms with Crippen LogP contribution in [0.15, 0.2) is 18.2 Å². The number of rotatable bonds is 3. The largest absolute Gasteiger partial charge is 0.371 e. The third-order valence-electron chi connectivity index (χ3n) is 3.05. The number of anilines is 1. The van der Waals surface area contributed by atoms with Gasteiger partial charge in [-0.25, -0.2) is 4.39 Å². The van der Waals surface area contributed by atoms with Gasteiger partial charge in [-0.3, -0.25) is 0 Å². The lowest BCUT2D eigenvalue weighted by molar-refractivity contribution is 0.549. The summed E-state index contributed by atoms with van der Waals surface area (Å²) in [7, 11) is 1.97. The van der Waals surface area contributed by atoms with E-state index >= 15 is 0 Å². The van der Waals surface area contributed by atoms with E-state index in [1.807, 2.05) is 7.05 Å². The second-order valence-corrected chi connectivity index (χ2v) is 4.66. The molecule has 1 N–H and O–H groups in total. The van der Waals surface area contributed by atoms with E-state index in [0.717, 1.165) is 25.3 Å². The molecule has 0 bridgehead atoms. The molecule has 1 aliphatic heterocycles. The standard InChI is InChI=1S/C12H16ClFN2/c1-15-7-9-4-5-16(8-9)10-2-3-12(14)11(13)6-10/h2-3,6,9,15H,4-5,7-8H2,1H3. The number of halogens is 2. The maximum Gasteiger partial charge on any atom is 0.141 e. The number of hydrogen-bond donors (Lipinski definition) is 1. The van der Waals surface area contributed by atoms with Gasteiger partial charge in [-0.05, 0) is 44.1 Å². The first-order chi connectivity index (χ1) is 7.70. The molecular weight excluding hydrogens is 227 g/mol. The van der Waals surface area contributed by atoms with Gasteiger partial charge in [0, 0.05) is 18.8 Å². The summed E-state index contributed by atoms with van der Waals surface area (Å²) in [6.45, 7) is 3.07. The van der Waals surface area contributed by atoms with Crippen LogP contribution in [0.5, 0.6) is 0 Å². The van der Waals surface area contributed by atoms with Crippen molar-refractivity contribution < 1.29 is 4.39 Å². The minimum Gasteiger partial charge on any atom is -0.371 e. The molecule has 2 nitrogen and oxygen atoms in total. The third kappa shape index (κ3) is 2.47. The SMILES string of the molecule is CNCC1CCN(c2ccc(F)c(Cl)c2)C1. The summed E-state index contributed by atoms with van der Waals surface area (Å²) in [5.41, 5.74) is 1.02. The highest BCUT2D eigenvalue weighted by Gasteiger charge is 2.22. The Bertz CT molecular complexity index is 370. The molecule has 0 spiro atoms. The summed E-state index contributed by atoms with van der Waals surface area (Å²) in [4.78, 5) is 2.26. The van der Waals surface area contributed by atoms with E-state index in [1.165, 1.54) is 12.5 Å². The fourth-order valence-corrected chi connectivity index (χ4v) is 2.38. The number of hydrogen-bond acceptors (Lipinski definition) is 2. The normalized spacial score (nSPS) is 20.4. The Labute approximate surface area is 100 Å². The molecule has 0 saturated carbocycles. The van der Waals surface area contributed by atoms with Crippen molar-refractivity contribution >= 4 is 17.3 Å². The zero-order valence-electron chi connectivity index (χ0n) is 9.34. The van der Waals surface area contributed by atoms with Crippen molar-refractivity contribution in [3.63, 3.8) is 0 Å². The summed E-state index contributed by atoms with van der Waals surface area (Å²) in [5.74, 6) is 0.324. The first-order valence-corrected chi connectivity index (χ1v) is 5.93. The molecule has 1 atom stereocenters. The Hall–Kier alpha value is -0.800. The van der Waals surface area contributed by atoms with E-state index < -0.39 is 0 Å². The Morgan fingerprint density at radius 1 is 1.56 bits per heavy atom. The van der Waals surface area contributed by atoms with Crippen molar-refractivity contribution in [3.05, 3.63) is 29.0 Å². The average Bonchev–Trinajstić information content (AvgIpc) is 2.71. The van der Waals surface area contributed by atoms with Gasteiger partial charge in [0.1, 0.15) is 5.82 Å². The van der Waals surface area contributed by atoms with Crippen molar-refractivity contribution in [2.24, 2.45) is 5.92 Å². The lowest BCUT2D eigenvalue weighted by atomic mass is 10.1. The lowest BCUT2D eigenvalue weighted by Gasteiger charge is -2.19. The summed E-state index contributed by atoms with van der Waals surface area (Å²) in [6.07, 6.45) is 1.18. The number of benzene rings is 1. The van der Waals surface area contributed by atoms with Gasteiger partial charge in [-0.2, -0.15) is 0 Å². The molecule has 1 aromatic carbocycles. The molecule has 1 unspecified atom stereocenters. The molecule has 88 valence electrons. The van der Waals surface area contributed by atoms with E-state index in [4.69, 9.17) is 11.6 Å². The molecule has 0 amide bonds. The minimum absolute atomic E-state index is 0.203. The molecule has 16 heavy (non-hydrogen) atoms. The quantitative estimate of drug-likeness (QED) is 0.876. The van der Waals surface area contributed by atoms with Gasteiger partial charge < -0.3 is 10.2 Å². The van der Waals surface area contributed by atoms with E-state index in [0.29, 0.717) is 5.92 Å². The maximum absolute atomic E-state index is 13.0.